The Morgan fingerprint density at radius 3 is 2.62 bits per heavy atom. The summed E-state index contributed by atoms with van der Waals surface area (Å²) in [7, 11) is 1.53. The lowest BCUT2D eigenvalue weighted by Gasteiger charge is -2.36. The smallest absolute Gasteiger partial charge is 0.387 e. The van der Waals surface area contributed by atoms with Crippen LogP contribution in [0.2, 0.25) is 0 Å². The predicted molar refractivity (Wildman–Crippen MR) is 124 cm³/mol. The first kappa shape index (κ1) is 26.0. The van der Waals surface area contributed by atoms with Gasteiger partial charge in [-0.1, -0.05) is 0 Å². The van der Waals surface area contributed by atoms with Crippen molar-refractivity contribution < 1.29 is 23.0 Å². The number of alkyl halides is 2. The van der Waals surface area contributed by atoms with Crippen molar-refractivity contribution in [1.29, 1.82) is 0 Å². The minimum atomic E-state index is -2.89. The van der Waals surface area contributed by atoms with E-state index < -0.39 is 6.61 Å². The van der Waals surface area contributed by atoms with Gasteiger partial charge in [0.25, 0.3) is 0 Å². The number of ether oxygens (including phenoxy) is 3. The standard InChI is InChI=1S/C19H29F2N3O3S.HI/c1-4-22-18(24-13-19(28-3)7-9-26-10-8-19)23-12-14-11-15(25-2)5-6-16(14)27-17(20)21;/h5-6,11,17H,4,7-10,12-13H2,1-3H3,(H2,22,23,24);1H. The highest BCUT2D eigenvalue weighted by molar-refractivity contribution is 14.0. The average Bonchev–Trinajstić information content (AvgIpc) is 2.71. The largest absolute Gasteiger partial charge is 0.497 e. The van der Waals surface area contributed by atoms with Gasteiger partial charge in [0.1, 0.15) is 11.5 Å². The lowest BCUT2D eigenvalue weighted by atomic mass is 9.99. The van der Waals surface area contributed by atoms with Crippen molar-refractivity contribution in [1.82, 2.24) is 10.6 Å². The van der Waals surface area contributed by atoms with Crippen LogP contribution in [-0.4, -0.2) is 57.0 Å². The third-order valence-corrected chi connectivity index (χ3v) is 6.07. The van der Waals surface area contributed by atoms with Gasteiger partial charge in [-0.05, 0) is 44.2 Å². The fraction of sp³-hybridized carbons (Fsp3) is 0.632. The maximum Gasteiger partial charge on any atom is 0.387 e. The first-order valence-corrected chi connectivity index (χ1v) is 10.5. The number of nitrogens with one attached hydrogen (secondary N) is 2. The predicted octanol–water partition coefficient (Wildman–Crippen LogP) is 3.88. The van der Waals surface area contributed by atoms with E-state index in [4.69, 9.17) is 9.47 Å². The Bertz CT molecular complexity index is 647. The number of benzene rings is 1. The molecule has 10 heteroatoms. The van der Waals surface area contributed by atoms with E-state index in [2.05, 4.69) is 26.6 Å². The average molecular weight is 545 g/mol. The maximum absolute atomic E-state index is 12.7. The highest BCUT2D eigenvalue weighted by atomic mass is 127. The number of aliphatic imine (C=N–C) groups is 1. The molecule has 0 amide bonds. The first-order chi connectivity index (χ1) is 13.5. The van der Waals surface area contributed by atoms with E-state index in [9.17, 15) is 8.78 Å². The molecule has 0 unspecified atom stereocenters. The molecule has 2 N–H and O–H groups in total. The molecule has 1 aromatic rings. The number of hydrogen-bond acceptors (Lipinski definition) is 5. The van der Waals surface area contributed by atoms with Gasteiger partial charge in [-0.2, -0.15) is 20.5 Å². The molecule has 6 nitrogen and oxygen atoms in total. The zero-order chi connectivity index (χ0) is 20.4. The second-order valence-electron chi connectivity index (χ2n) is 6.40. The summed E-state index contributed by atoms with van der Waals surface area (Å²) in [6.07, 6.45) is 4.06. The molecule has 0 saturated carbocycles. The Labute approximate surface area is 192 Å². The molecular formula is C19H30F2IN3O3S. The summed E-state index contributed by atoms with van der Waals surface area (Å²) in [6.45, 7) is 2.23. The summed E-state index contributed by atoms with van der Waals surface area (Å²) in [6, 6.07) is 4.72. The summed E-state index contributed by atoms with van der Waals surface area (Å²) in [4.78, 5) is 4.55. The van der Waals surface area contributed by atoms with Crippen molar-refractivity contribution in [2.45, 2.75) is 37.7 Å². The molecule has 0 aliphatic carbocycles. The van der Waals surface area contributed by atoms with Crippen LogP contribution in [0.25, 0.3) is 0 Å². The Balaban J connectivity index is 0.00000420. The van der Waals surface area contributed by atoms with Gasteiger partial charge in [-0.3, -0.25) is 0 Å². The number of hydrogen-bond donors (Lipinski definition) is 2. The molecule has 1 aromatic carbocycles. The second kappa shape index (κ2) is 13.3. The summed E-state index contributed by atoms with van der Waals surface area (Å²) in [5, 5.41) is 6.58. The Hall–Kier alpha value is -1.01. The van der Waals surface area contributed by atoms with E-state index in [0.717, 1.165) is 32.6 Å². The summed E-state index contributed by atoms with van der Waals surface area (Å²) >= 11 is 1.84. The SMILES string of the molecule is CCNC(=NCc1cc(OC)ccc1OC(F)F)NCC1(SC)CCOCC1.I. The zero-order valence-corrected chi connectivity index (χ0v) is 20.2. The van der Waals surface area contributed by atoms with Crippen LogP contribution in [0.4, 0.5) is 8.78 Å². The quantitative estimate of drug-likeness (QED) is 0.279. The fourth-order valence-electron chi connectivity index (χ4n) is 2.96. The van der Waals surface area contributed by atoms with Gasteiger partial charge in [0.2, 0.25) is 0 Å². The highest BCUT2D eigenvalue weighted by Gasteiger charge is 2.31. The van der Waals surface area contributed by atoms with Crippen molar-refractivity contribution in [3.05, 3.63) is 23.8 Å². The molecule has 29 heavy (non-hydrogen) atoms. The van der Waals surface area contributed by atoms with Crippen LogP contribution in [0.3, 0.4) is 0 Å². The molecule has 1 aliphatic heterocycles. The maximum atomic E-state index is 12.7. The molecule has 2 rings (SSSR count). The van der Waals surface area contributed by atoms with E-state index in [0.29, 0.717) is 23.8 Å². The minimum Gasteiger partial charge on any atom is -0.497 e. The van der Waals surface area contributed by atoms with Crippen molar-refractivity contribution in [3.63, 3.8) is 0 Å². The van der Waals surface area contributed by atoms with Crippen LogP contribution in [0.15, 0.2) is 23.2 Å². The van der Waals surface area contributed by atoms with Crippen molar-refractivity contribution >= 4 is 41.7 Å². The van der Waals surface area contributed by atoms with Crippen LogP contribution >= 0.6 is 35.7 Å². The summed E-state index contributed by atoms with van der Waals surface area (Å²) in [5.74, 6) is 1.29. The third-order valence-electron chi connectivity index (χ3n) is 4.65. The summed E-state index contributed by atoms with van der Waals surface area (Å²) in [5.41, 5.74) is 0.530. The van der Waals surface area contributed by atoms with Gasteiger partial charge in [-0.25, -0.2) is 4.99 Å². The monoisotopic (exact) mass is 545 g/mol. The number of guanidine groups is 1. The molecular weight excluding hydrogens is 515 g/mol. The molecule has 0 atom stereocenters. The van der Waals surface area contributed by atoms with E-state index in [-0.39, 0.29) is 41.0 Å². The van der Waals surface area contributed by atoms with Crippen molar-refractivity contribution in [2.75, 3.05) is 39.7 Å². The van der Waals surface area contributed by atoms with E-state index in [1.807, 2.05) is 18.7 Å². The normalized spacial score (nSPS) is 16.1. The number of halogens is 3. The van der Waals surface area contributed by atoms with Gasteiger partial charge in [0.15, 0.2) is 5.96 Å². The molecule has 0 spiro atoms. The number of thioether (sulfide) groups is 1. The number of nitrogens with zero attached hydrogens (tertiary/aromatic N) is 1. The van der Waals surface area contributed by atoms with Crippen LogP contribution in [0.5, 0.6) is 11.5 Å². The minimum absolute atomic E-state index is 0. The zero-order valence-electron chi connectivity index (χ0n) is 17.0. The molecule has 1 heterocycles. The van der Waals surface area contributed by atoms with Crippen LogP contribution in [-0.2, 0) is 11.3 Å². The lowest BCUT2D eigenvalue weighted by molar-refractivity contribution is -0.0504. The topological polar surface area (TPSA) is 64.1 Å². The Morgan fingerprint density at radius 2 is 2.03 bits per heavy atom. The summed E-state index contributed by atoms with van der Waals surface area (Å²) < 4.78 is 40.7. The second-order valence-corrected chi connectivity index (χ2v) is 7.67. The molecule has 0 bridgehead atoms. The van der Waals surface area contributed by atoms with E-state index >= 15 is 0 Å². The van der Waals surface area contributed by atoms with E-state index in [1.54, 1.807) is 12.1 Å². The van der Waals surface area contributed by atoms with E-state index in [1.165, 1.54) is 13.2 Å². The van der Waals surface area contributed by atoms with Crippen molar-refractivity contribution in [3.8, 4) is 11.5 Å². The molecule has 0 aromatic heterocycles. The highest BCUT2D eigenvalue weighted by Crippen LogP contribution is 2.33. The number of methoxy groups -OCH3 is 1. The third kappa shape index (κ3) is 8.33. The lowest BCUT2D eigenvalue weighted by Crippen LogP contribution is -2.47. The van der Waals surface area contributed by atoms with Gasteiger partial charge in [0, 0.05) is 36.6 Å². The van der Waals surface area contributed by atoms with Gasteiger partial charge in [-0.15, -0.1) is 24.0 Å². The van der Waals surface area contributed by atoms with Crippen LogP contribution < -0.4 is 20.1 Å². The van der Waals surface area contributed by atoms with Crippen molar-refractivity contribution in [2.24, 2.45) is 4.99 Å². The van der Waals surface area contributed by atoms with Crippen LogP contribution in [0.1, 0.15) is 25.3 Å². The van der Waals surface area contributed by atoms with Gasteiger partial charge in [0.05, 0.1) is 13.7 Å². The Kier molecular flexibility index (Phi) is 12.0. The molecule has 1 fully saturated rings. The fourth-order valence-corrected chi connectivity index (χ4v) is 3.76. The molecule has 1 saturated heterocycles. The Morgan fingerprint density at radius 1 is 1.31 bits per heavy atom. The first-order valence-electron chi connectivity index (χ1n) is 9.28. The van der Waals surface area contributed by atoms with Gasteiger partial charge >= 0.3 is 6.61 Å². The molecule has 0 radical (unpaired) electrons. The van der Waals surface area contributed by atoms with Gasteiger partial charge < -0.3 is 24.8 Å². The molecule has 1 aliphatic rings. The van der Waals surface area contributed by atoms with Crippen LogP contribution in [0, 0.1) is 0 Å². The molecule has 166 valence electrons. The number of rotatable bonds is 9.